The van der Waals surface area contributed by atoms with E-state index in [2.05, 4.69) is 22.8 Å². The number of hydrogen-bond donors (Lipinski definition) is 3. The van der Waals surface area contributed by atoms with E-state index in [1.165, 1.54) is 30.0 Å². The highest BCUT2D eigenvalue weighted by atomic mass is 16.3. The Morgan fingerprint density at radius 1 is 1.00 bits per heavy atom. The highest BCUT2D eigenvalue weighted by Gasteiger charge is 2.19. The number of amides is 2. The van der Waals surface area contributed by atoms with E-state index in [0.29, 0.717) is 0 Å². The first-order valence-corrected chi connectivity index (χ1v) is 8.97. The Bertz CT molecular complexity index is 845. The summed E-state index contributed by atoms with van der Waals surface area (Å²) in [4.78, 5) is 24.4. The molecule has 0 fully saturated rings. The highest BCUT2D eigenvalue weighted by Crippen LogP contribution is 2.25. The Morgan fingerprint density at radius 3 is 2.50 bits per heavy atom. The summed E-state index contributed by atoms with van der Waals surface area (Å²) in [6.07, 6.45) is 4.60. The van der Waals surface area contributed by atoms with Crippen LogP contribution in [0.5, 0.6) is 5.75 Å². The summed E-state index contributed by atoms with van der Waals surface area (Å²) in [6, 6.07) is 10.8. The van der Waals surface area contributed by atoms with Crippen LogP contribution in [0.3, 0.4) is 0 Å². The second-order valence-corrected chi connectivity index (χ2v) is 6.91. The molecule has 3 rings (SSSR count). The van der Waals surface area contributed by atoms with Gasteiger partial charge in [0.15, 0.2) is 0 Å². The number of aromatic hydroxyl groups is 1. The zero-order chi connectivity index (χ0) is 18.7. The Labute approximate surface area is 153 Å². The third-order valence-electron chi connectivity index (χ3n) is 4.83. The molecule has 0 aromatic heterocycles. The van der Waals surface area contributed by atoms with Gasteiger partial charge in [-0.3, -0.25) is 9.59 Å². The lowest BCUT2D eigenvalue weighted by Crippen LogP contribution is -2.37. The molecule has 2 aromatic rings. The van der Waals surface area contributed by atoms with Gasteiger partial charge in [-0.05, 0) is 73.9 Å². The predicted octanol–water partition coefficient (Wildman–Crippen LogP) is 3.40. The molecule has 1 aliphatic carbocycles. The molecular weight excluding hydrogens is 328 g/mol. The van der Waals surface area contributed by atoms with Gasteiger partial charge in [-0.25, -0.2) is 0 Å². The standard InChI is InChI=1S/C21H24N2O3/c1-13-7-10-19(24)18(11-13)23-21(26)20(25)22-14(2)16-9-8-15-5-3-4-6-17(15)12-16/h7-12,14,24H,3-6H2,1-2H3,(H,22,25)(H,23,26). The quantitative estimate of drug-likeness (QED) is 0.585. The number of rotatable bonds is 3. The fourth-order valence-corrected chi connectivity index (χ4v) is 3.30. The van der Waals surface area contributed by atoms with E-state index >= 15 is 0 Å². The minimum Gasteiger partial charge on any atom is -0.506 e. The monoisotopic (exact) mass is 352 g/mol. The lowest BCUT2D eigenvalue weighted by atomic mass is 9.89. The number of hydrogen-bond acceptors (Lipinski definition) is 3. The minimum atomic E-state index is -0.796. The van der Waals surface area contributed by atoms with Crippen LogP contribution in [-0.4, -0.2) is 16.9 Å². The first-order chi connectivity index (χ1) is 12.4. The average molecular weight is 352 g/mol. The Kier molecular flexibility index (Phi) is 5.26. The van der Waals surface area contributed by atoms with Crippen LogP contribution in [0.2, 0.25) is 0 Å². The van der Waals surface area contributed by atoms with Crippen molar-refractivity contribution in [3.05, 3.63) is 58.7 Å². The lowest BCUT2D eigenvalue weighted by molar-refractivity contribution is -0.136. The zero-order valence-electron chi connectivity index (χ0n) is 15.1. The van der Waals surface area contributed by atoms with Crippen molar-refractivity contribution in [1.82, 2.24) is 5.32 Å². The SMILES string of the molecule is Cc1ccc(O)c(NC(=O)C(=O)NC(C)c2ccc3c(c2)CCCC3)c1. The van der Waals surface area contributed by atoms with Crippen LogP contribution in [0.1, 0.15) is 48.1 Å². The van der Waals surface area contributed by atoms with Gasteiger partial charge in [0.2, 0.25) is 0 Å². The molecule has 0 spiro atoms. The largest absolute Gasteiger partial charge is 0.506 e. The van der Waals surface area contributed by atoms with Gasteiger partial charge in [-0.15, -0.1) is 0 Å². The molecule has 0 saturated heterocycles. The molecule has 2 amide bonds. The van der Waals surface area contributed by atoms with Crippen molar-refractivity contribution < 1.29 is 14.7 Å². The minimum absolute atomic E-state index is 0.0699. The van der Waals surface area contributed by atoms with E-state index in [-0.39, 0.29) is 17.5 Å². The average Bonchev–Trinajstić information content (AvgIpc) is 2.64. The number of anilines is 1. The molecule has 1 aliphatic rings. The maximum atomic E-state index is 12.2. The Morgan fingerprint density at radius 2 is 1.73 bits per heavy atom. The molecule has 0 heterocycles. The van der Waals surface area contributed by atoms with E-state index in [4.69, 9.17) is 0 Å². The smallest absolute Gasteiger partial charge is 0.313 e. The molecule has 1 unspecified atom stereocenters. The molecule has 0 saturated carbocycles. The van der Waals surface area contributed by atoms with E-state index in [0.717, 1.165) is 24.0 Å². The first-order valence-electron chi connectivity index (χ1n) is 8.97. The summed E-state index contributed by atoms with van der Waals surface area (Å²) >= 11 is 0. The third kappa shape index (κ3) is 4.04. The Balaban J connectivity index is 1.65. The molecule has 26 heavy (non-hydrogen) atoms. The topological polar surface area (TPSA) is 78.4 Å². The van der Waals surface area contributed by atoms with Crippen LogP contribution in [0.25, 0.3) is 0 Å². The van der Waals surface area contributed by atoms with Gasteiger partial charge in [-0.1, -0.05) is 24.3 Å². The van der Waals surface area contributed by atoms with Crippen molar-refractivity contribution in [2.75, 3.05) is 5.32 Å². The van der Waals surface area contributed by atoms with Crippen LogP contribution < -0.4 is 10.6 Å². The molecule has 1 atom stereocenters. The lowest BCUT2D eigenvalue weighted by Gasteiger charge is -2.20. The molecular formula is C21H24N2O3. The molecule has 2 aromatic carbocycles. The highest BCUT2D eigenvalue weighted by molar-refractivity contribution is 6.39. The van der Waals surface area contributed by atoms with Crippen molar-refractivity contribution in [3.8, 4) is 5.75 Å². The van der Waals surface area contributed by atoms with Crippen LogP contribution in [0, 0.1) is 6.92 Å². The van der Waals surface area contributed by atoms with Gasteiger partial charge >= 0.3 is 11.8 Å². The van der Waals surface area contributed by atoms with Crippen molar-refractivity contribution in [2.24, 2.45) is 0 Å². The maximum Gasteiger partial charge on any atom is 0.313 e. The van der Waals surface area contributed by atoms with E-state index in [1.54, 1.807) is 12.1 Å². The molecule has 136 valence electrons. The van der Waals surface area contributed by atoms with Gasteiger partial charge < -0.3 is 15.7 Å². The number of phenols is 1. The summed E-state index contributed by atoms with van der Waals surface area (Å²) < 4.78 is 0. The van der Waals surface area contributed by atoms with Gasteiger partial charge in [0, 0.05) is 0 Å². The van der Waals surface area contributed by atoms with Gasteiger partial charge in [0.25, 0.3) is 0 Å². The second-order valence-electron chi connectivity index (χ2n) is 6.91. The van der Waals surface area contributed by atoms with Crippen molar-refractivity contribution >= 4 is 17.5 Å². The van der Waals surface area contributed by atoms with E-state index in [1.807, 2.05) is 19.9 Å². The van der Waals surface area contributed by atoms with Gasteiger partial charge in [0.1, 0.15) is 5.75 Å². The summed E-state index contributed by atoms with van der Waals surface area (Å²) in [7, 11) is 0. The zero-order valence-corrected chi connectivity index (χ0v) is 15.1. The van der Waals surface area contributed by atoms with Crippen molar-refractivity contribution in [3.63, 3.8) is 0 Å². The molecule has 5 nitrogen and oxygen atoms in total. The Hall–Kier alpha value is -2.82. The number of phenolic OH excluding ortho intramolecular Hbond substituents is 1. The third-order valence-corrected chi connectivity index (χ3v) is 4.83. The maximum absolute atomic E-state index is 12.2. The molecule has 3 N–H and O–H groups in total. The fraction of sp³-hybridized carbons (Fsp3) is 0.333. The number of carbonyl (C=O) groups excluding carboxylic acids is 2. The summed E-state index contributed by atoms with van der Waals surface area (Å²) in [6.45, 7) is 3.70. The number of fused-ring (bicyclic) bond motifs is 1. The summed E-state index contributed by atoms with van der Waals surface area (Å²) in [5.74, 6) is -1.59. The van der Waals surface area contributed by atoms with Crippen LogP contribution >= 0.6 is 0 Å². The van der Waals surface area contributed by atoms with Crippen LogP contribution in [0.4, 0.5) is 5.69 Å². The van der Waals surface area contributed by atoms with Gasteiger partial charge in [-0.2, -0.15) is 0 Å². The first kappa shape index (κ1) is 18.0. The van der Waals surface area contributed by atoms with Gasteiger partial charge in [0.05, 0.1) is 11.7 Å². The molecule has 0 aliphatic heterocycles. The second kappa shape index (κ2) is 7.60. The molecule has 5 heteroatoms. The number of carbonyl (C=O) groups is 2. The molecule has 0 bridgehead atoms. The van der Waals surface area contributed by atoms with Crippen LogP contribution in [0.15, 0.2) is 36.4 Å². The van der Waals surface area contributed by atoms with E-state index in [9.17, 15) is 14.7 Å². The predicted molar refractivity (Wildman–Crippen MR) is 101 cm³/mol. The van der Waals surface area contributed by atoms with E-state index < -0.39 is 11.8 Å². The van der Waals surface area contributed by atoms with Crippen molar-refractivity contribution in [1.29, 1.82) is 0 Å². The number of aryl methyl sites for hydroxylation is 3. The molecule has 0 radical (unpaired) electrons. The van der Waals surface area contributed by atoms with Crippen LogP contribution in [-0.2, 0) is 22.4 Å². The summed E-state index contributed by atoms with van der Waals surface area (Å²) in [5, 5.41) is 15.0. The summed E-state index contributed by atoms with van der Waals surface area (Å²) in [5.41, 5.74) is 4.81. The normalized spacial score (nSPS) is 14.2. The fourth-order valence-electron chi connectivity index (χ4n) is 3.30. The number of nitrogens with one attached hydrogen (secondary N) is 2. The van der Waals surface area contributed by atoms with Crippen molar-refractivity contribution in [2.45, 2.75) is 45.6 Å². The number of benzene rings is 2.